The molecule has 0 spiro atoms. The predicted molar refractivity (Wildman–Crippen MR) is 144 cm³/mol. The number of methoxy groups -OCH3 is 1. The lowest BCUT2D eigenvalue weighted by molar-refractivity contribution is 0.102. The standard InChI is InChI=1S/C23H22Cl3N5O5S/c1-31(5-6-32)23(35)28-9-12-11-37-20(18(12)26)22(34)30-19-15(7-14(25)8-16(19)36-2)21(33)29-17-4-3-13(24)10-27-17/h3-4,7-8,10-11,32H,5-6,9H2,1-2H3,(H,28,35)(H,30,34)(H,27,29,33). The molecule has 0 radical (unpaired) electrons. The third-order valence-electron chi connectivity index (χ3n) is 4.96. The second-order valence-corrected chi connectivity index (χ2v) is 9.64. The van der Waals surface area contributed by atoms with Crippen molar-refractivity contribution in [2.45, 2.75) is 6.54 Å². The number of anilines is 2. The number of likely N-dealkylation sites (N-methyl/N-ethyl adjacent to an activating group) is 1. The van der Waals surface area contributed by atoms with Gasteiger partial charge in [0, 0.05) is 43.0 Å². The number of amides is 4. The topological polar surface area (TPSA) is 133 Å². The lowest BCUT2D eigenvalue weighted by atomic mass is 10.1. The number of aliphatic hydroxyl groups excluding tert-OH is 1. The molecule has 0 fully saturated rings. The Kier molecular flexibility index (Phi) is 9.95. The monoisotopic (exact) mass is 585 g/mol. The van der Waals surface area contributed by atoms with Gasteiger partial charge >= 0.3 is 6.03 Å². The number of ether oxygens (including phenoxy) is 1. The lowest BCUT2D eigenvalue weighted by Gasteiger charge is -2.16. The molecule has 14 heteroatoms. The summed E-state index contributed by atoms with van der Waals surface area (Å²) >= 11 is 19.5. The van der Waals surface area contributed by atoms with E-state index in [9.17, 15) is 14.4 Å². The van der Waals surface area contributed by atoms with Crippen LogP contribution in [0.2, 0.25) is 15.1 Å². The number of nitrogens with one attached hydrogen (secondary N) is 3. The first-order valence-electron chi connectivity index (χ1n) is 10.6. The quantitative estimate of drug-likeness (QED) is 0.286. The minimum Gasteiger partial charge on any atom is -0.494 e. The van der Waals surface area contributed by atoms with Crippen molar-refractivity contribution in [3.05, 3.63) is 66.9 Å². The van der Waals surface area contributed by atoms with Crippen LogP contribution in [0.15, 0.2) is 35.8 Å². The Labute approximate surface area is 231 Å². The van der Waals surface area contributed by atoms with Crippen molar-refractivity contribution in [1.82, 2.24) is 15.2 Å². The van der Waals surface area contributed by atoms with Gasteiger partial charge in [-0.15, -0.1) is 11.3 Å². The Bertz CT molecular complexity index is 1300. The molecule has 0 aliphatic carbocycles. The molecule has 4 amide bonds. The predicted octanol–water partition coefficient (Wildman–Crippen LogP) is 4.75. The van der Waals surface area contributed by atoms with E-state index in [-0.39, 0.29) is 57.4 Å². The van der Waals surface area contributed by atoms with Crippen molar-refractivity contribution in [2.75, 3.05) is 37.9 Å². The van der Waals surface area contributed by atoms with E-state index in [0.717, 1.165) is 11.3 Å². The van der Waals surface area contributed by atoms with Crippen molar-refractivity contribution >= 4 is 75.5 Å². The van der Waals surface area contributed by atoms with Crippen LogP contribution in [-0.2, 0) is 6.54 Å². The molecule has 0 saturated heterocycles. The Morgan fingerprint density at radius 1 is 1.11 bits per heavy atom. The third-order valence-corrected chi connectivity index (χ3v) is 6.97. The van der Waals surface area contributed by atoms with E-state index < -0.39 is 17.8 Å². The van der Waals surface area contributed by atoms with Crippen LogP contribution < -0.4 is 20.7 Å². The SMILES string of the molecule is COc1cc(Cl)cc(C(=O)Nc2ccc(Cl)cn2)c1NC(=O)c1scc(CNC(=O)N(C)CCO)c1Cl. The zero-order chi connectivity index (χ0) is 27.1. The van der Waals surface area contributed by atoms with E-state index in [1.165, 1.54) is 43.5 Å². The molecule has 0 saturated carbocycles. The number of hydrogen-bond donors (Lipinski definition) is 4. The molecule has 0 aliphatic heterocycles. The van der Waals surface area contributed by atoms with E-state index in [1.54, 1.807) is 11.4 Å². The van der Waals surface area contributed by atoms with Gasteiger partial charge < -0.3 is 30.7 Å². The van der Waals surface area contributed by atoms with Gasteiger partial charge in [-0.3, -0.25) is 9.59 Å². The van der Waals surface area contributed by atoms with Crippen molar-refractivity contribution in [1.29, 1.82) is 0 Å². The number of pyridine rings is 1. The Balaban J connectivity index is 1.82. The maximum Gasteiger partial charge on any atom is 0.317 e. The number of aromatic nitrogens is 1. The summed E-state index contributed by atoms with van der Waals surface area (Å²) in [5.74, 6) is -0.798. The van der Waals surface area contributed by atoms with Crippen molar-refractivity contribution in [3.63, 3.8) is 0 Å². The summed E-state index contributed by atoms with van der Waals surface area (Å²) in [6.45, 7) is 0.0742. The van der Waals surface area contributed by atoms with Crippen LogP contribution in [0, 0.1) is 0 Å². The molecule has 0 unspecified atom stereocenters. The minimum atomic E-state index is -0.599. The highest BCUT2D eigenvalue weighted by molar-refractivity contribution is 7.13. The second kappa shape index (κ2) is 12.9. The van der Waals surface area contributed by atoms with Crippen molar-refractivity contribution < 1.29 is 24.2 Å². The molecule has 37 heavy (non-hydrogen) atoms. The fraction of sp³-hybridized carbons (Fsp3) is 0.217. The molecule has 0 aliphatic rings. The van der Waals surface area contributed by atoms with Gasteiger partial charge in [-0.25, -0.2) is 9.78 Å². The third kappa shape index (κ3) is 7.24. The van der Waals surface area contributed by atoms with Crippen LogP contribution >= 0.6 is 46.1 Å². The number of aliphatic hydroxyl groups is 1. The number of thiophene rings is 1. The first-order valence-corrected chi connectivity index (χ1v) is 12.6. The summed E-state index contributed by atoms with van der Waals surface area (Å²) in [6.07, 6.45) is 1.38. The summed E-state index contributed by atoms with van der Waals surface area (Å²) in [5.41, 5.74) is 0.632. The summed E-state index contributed by atoms with van der Waals surface area (Å²) in [7, 11) is 2.91. The molecule has 2 aromatic heterocycles. The molecule has 4 N–H and O–H groups in total. The smallest absolute Gasteiger partial charge is 0.317 e. The first-order chi connectivity index (χ1) is 17.6. The number of nitrogens with zero attached hydrogens (tertiary/aromatic N) is 2. The second-order valence-electron chi connectivity index (χ2n) is 7.51. The highest BCUT2D eigenvalue weighted by atomic mass is 35.5. The van der Waals surface area contributed by atoms with Crippen molar-refractivity contribution in [2.24, 2.45) is 0 Å². The molecular formula is C23H22Cl3N5O5S. The summed E-state index contributed by atoms with van der Waals surface area (Å²) < 4.78 is 5.35. The zero-order valence-corrected chi connectivity index (χ0v) is 22.7. The number of urea groups is 1. The average molecular weight is 587 g/mol. The van der Waals surface area contributed by atoms with Gasteiger partial charge in [0.15, 0.2) is 0 Å². The molecule has 10 nitrogen and oxygen atoms in total. The van der Waals surface area contributed by atoms with Gasteiger partial charge in [0.05, 0.1) is 35.0 Å². The van der Waals surface area contributed by atoms with Crippen LogP contribution in [0.3, 0.4) is 0 Å². The van der Waals surface area contributed by atoms with Gasteiger partial charge in [0.1, 0.15) is 16.4 Å². The first kappa shape index (κ1) is 28.5. The van der Waals surface area contributed by atoms with Crippen LogP contribution in [0.4, 0.5) is 16.3 Å². The zero-order valence-electron chi connectivity index (χ0n) is 19.6. The summed E-state index contributed by atoms with van der Waals surface area (Å²) in [5, 5.41) is 19.3. The van der Waals surface area contributed by atoms with E-state index >= 15 is 0 Å². The molecule has 196 valence electrons. The van der Waals surface area contributed by atoms with E-state index in [0.29, 0.717) is 10.6 Å². The van der Waals surface area contributed by atoms with E-state index in [2.05, 4.69) is 20.9 Å². The van der Waals surface area contributed by atoms with Gasteiger partial charge in [0.2, 0.25) is 0 Å². The molecule has 3 aromatic rings. The minimum absolute atomic E-state index is 0.0292. The average Bonchev–Trinajstić information content (AvgIpc) is 3.24. The Hall–Kier alpha value is -3.09. The fourth-order valence-electron chi connectivity index (χ4n) is 3.06. The van der Waals surface area contributed by atoms with E-state index in [4.69, 9.17) is 44.6 Å². The van der Waals surface area contributed by atoms with E-state index in [1.807, 2.05) is 0 Å². The van der Waals surface area contributed by atoms with Gasteiger partial charge in [-0.2, -0.15) is 0 Å². The number of halogens is 3. The number of carbonyl (C=O) groups is 3. The number of carbonyl (C=O) groups excluding carboxylic acids is 3. The number of benzene rings is 1. The Morgan fingerprint density at radius 2 is 1.86 bits per heavy atom. The van der Waals surface area contributed by atoms with Gasteiger partial charge in [0.25, 0.3) is 11.8 Å². The van der Waals surface area contributed by atoms with Gasteiger partial charge in [-0.1, -0.05) is 34.8 Å². The molecule has 1 aromatic carbocycles. The van der Waals surface area contributed by atoms with Gasteiger partial charge in [-0.05, 0) is 23.6 Å². The van der Waals surface area contributed by atoms with Crippen LogP contribution in [0.25, 0.3) is 0 Å². The maximum absolute atomic E-state index is 13.1. The van der Waals surface area contributed by atoms with Crippen LogP contribution in [0.1, 0.15) is 25.6 Å². The highest BCUT2D eigenvalue weighted by Gasteiger charge is 2.23. The summed E-state index contributed by atoms with van der Waals surface area (Å²) in [4.78, 5) is 43.8. The number of rotatable bonds is 9. The normalized spacial score (nSPS) is 10.5. The molecule has 2 heterocycles. The van der Waals surface area contributed by atoms with Crippen molar-refractivity contribution in [3.8, 4) is 5.75 Å². The summed E-state index contributed by atoms with van der Waals surface area (Å²) in [6, 6.07) is 5.51. The fourth-order valence-corrected chi connectivity index (χ4v) is 4.64. The lowest BCUT2D eigenvalue weighted by Crippen LogP contribution is -2.38. The Morgan fingerprint density at radius 3 is 2.51 bits per heavy atom. The number of hydrogen-bond acceptors (Lipinski definition) is 7. The van der Waals surface area contributed by atoms with Crippen LogP contribution in [0.5, 0.6) is 5.75 Å². The molecular weight excluding hydrogens is 565 g/mol. The van der Waals surface area contributed by atoms with Crippen LogP contribution in [-0.4, -0.2) is 60.1 Å². The maximum atomic E-state index is 13.1. The molecule has 0 atom stereocenters. The molecule has 3 rings (SSSR count). The largest absolute Gasteiger partial charge is 0.494 e. The highest BCUT2D eigenvalue weighted by Crippen LogP contribution is 2.35. The molecule has 0 bridgehead atoms.